The summed E-state index contributed by atoms with van der Waals surface area (Å²) in [6.45, 7) is 3.34. The van der Waals surface area contributed by atoms with Crippen molar-refractivity contribution in [2.75, 3.05) is 20.2 Å². The summed E-state index contributed by atoms with van der Waals surface area (Å²) in [5.74, 6) is 6.93. The molecule has 1 N–H and O–H groups in total. The van der Waals surface area contributed by atoms with Gasteiger partial charge in [0, 0.05) is 0 Å². The van der Waals surface area contributed by atoms with E-state index in [1.807, 2.05) is 38.2 Å². The predicted molar refractivity (Wildman–Crippen MR) is 58.4 cm³/mol. The van der Waals surface area contributed by atoms with E-state index < -0.39 is 0 Å². The molecular weight excluding hydrogens is 174 g/mol. The van der Waals surface area contributed by atoms with Gasteiger partial charge in [-0.05, 0) is 26.1 Å². The molecule has 0 spiro atoms. The van der Waals surface area contributed by atoms with Gasteiger partial charge in [-0.15, -0.1) is 0 Å². The van der Waals surface area contributed by atoms with Crippen LogP contribution in [-0.2, 0) is 0 Å². The lowest BCUT2D eigenvalue weighted by Crippen LogP contribution is -2.04. The van der Waals surface area contributed by atoms with E-state index in [9.17, 15) is 0 Å². The van der Waals surface area contributed by atoms with Crippen LogP contribution in [0.1, 0.15) is 12.5 Å². The Morgan fingerprint density at radius 2 is 2.14 bits per heavy atom. The Hall–Kier alpha value is -1.46. The summed E-state index contributed by atoms with van der Waals surface area (Å²) in [4.78, 5) is 0. The molecule has 0 bridgehead atoms. The lowest BCUT2D eigenvalue weighted by atomic mass is 10.2. The van der Waals surface area contributed by atoms with Crippen LogP contribution in [0.3, 0.4) is 0 Å². The molecule has 0 aromatic heterocycles. The zero-order valence-corrected chi connectivity index (χ0v) is 8.63. The molecule has 0 radical (unpaired) electrons. The van der Waals surface area contributed by atoms with Crippen LogP contribution in [0.2, 0.25) is 0 Å². The van der Waals surface area contributed by atoms with Crippen LogP contribution < -0.4 is 10.1 Å². The Bertz CT molecular complexity index is 336. The normalized spacial score (nSPS) is 9.00. The van der Waals surface area contributed by atoms with Crippen LogP contribution >= 0.6 is 0 Å². The van der Waals surface area contributed by atoms with Crippen molar-refractivity contribution in [1.82, 2.24) is 5.32 Å². The number of ether oxygens (including phenoxy) is 1. The summed E-state index contributed by atoms with van der Waals surface area (Å²) in [7, 11) is 1.88. The molecule has 0 aliphatic heterocycles. The van der Waals surface area contributed by atoms with Crippen molar-refractivity contribution >= 4 is 0 Å². The van der Waals surface area contributed by atoms with Crippen molar-refractivity contribution in [2.24, 2.45) is 0 Å². The number of para-hydroxylation sites is 1. The summed E-state index contributed by atoms with van der Waals surface area (Å²) < 4.78 is 5.44. The molecule has 1 aromatic carbocycles. The van der Waals surface area contributed by atoms with Crippen LogP contribution in [-0.4, -0.2) is 20.2 Å². The molecule has 14 heavy (non-hydrogen) atoms. The molecule has 0 saturated carbocycles. The van der Waals surface area contributed by atoms with E-state index in [-0.39, 0.29) is 0 Å². The van der Waals surface area contributed by atoms with Gasteiger partial charge < -0.3 is 10.1 Å². The average molecular weight is 189 g/mol. The molecule has 0 aliphatic rings. The van der Waals surface area contributed by atoms with Gasteiger partial charge in [0.15, 0.2) is 0 Å². The molecule has 0 fully saturated rings. The van der Waals surface area contributed by atoms with Crippen molar-refractivity contribution in [3.05, 3.63) is 29.8 Å². The van der Waals surface area contributed by atoms with E-state index >= 15 is 0 Å². The highest BCUT2D eigenvalue weighted by Gasteiger charge is 1.96. The van der Waals surface area contributed by atoms with Crippen LogP contribution in [0, 0.1) is 11.8 Å². The van der Waals surface area contributed by atoms with Crippen LogP contribution in [0.5, 0.6) is 5.75 Å². The summed E-state index contributed by atoms with van der Waals surface area (Å²) in [5.41, 5.74) is 0.949. The molecule has 0 saturated heterocycles. The van der Waals surface area contributed by atoms with Gasteiger partial charge in [0.1, 0.15) is 5.75 Å². The van der Waals surface area contributed by atoms with E-state index in [1.165, 1.54) is 0 Å². The molecule has 1 rings (SSSR count). The standard InChI is InChI=1S/C12H15NO/c1-3-14-12-9-5-4-7-11(12)8-6-10-13-2/h4-5,7,9,13H,3,10H2,1-2H3. The zero-order valence-electron chi connectivity index (χ0n) is 8.63. The Kier molecular flexibility index (Phi) is 4.60. The van der Waals surface area contributed by atoms with Gasteiger partial charge in [0.25, 0.3) is 0 Å². The highest BCUT2D eigenvalue weighted by atomic mass is 16.5. The third-order valence-electron chi connectivity index (χ3n) is 1.68. The molecule has 2 heteroatoms. The summed E-state index contributed by atoms with van der Waals surface area (Å²) in [6.07, 6.45) is 0. The molecule has 0 heterocycles. The van der Waals surface area contributed by atoms with E-state index in [0.29, 0.717) is 13.2 Å². The summed E-state index contributed by atoms with van der Waals surface area (Å²) >= 11 is 0. The van der Waals surface area contributed by atoms with Crippen molar-refractivity contribution in [1.29, 1.82) is 0 Å². The van der Waals surface area contributed by atoms with Gasteiger partial charge in [-0.2, -0.15) is 0 Å². The second kappa shape index (κ2) is 6.06. The largest absolute Gasteiger partial charge is 0.493 e. The quantitative estimate of drug-likeness (QED) is 0.730. The number of rotatable bonds is 3. The van der Waals surface area contributed by atoms with Crippen molar-refractivity contribution < 1.29 is 4.74 Å². The zero-order chi connectivity index (χ0) is 10.2. The highest BCUT2D eigenvalue weighted by Crippen LogP contribution is 2.16. The molecule has 1 aromatic rings. The number of benzene rings is 1. The number of hydrogen-bond acceptors (Lipinski definition) is 2. The Balaban J connectivity index is 2.80. The van der Waals surface area contributed by atoms with Gasteiger partial charge >= 0.3 is 0 Å². The summed E-state index contributed by atoms with van der Waals surface area (Å²) in [6, 6.07) is 7.82. The molecular formula is C12H15NO. The average Bonchev–Trinajstić information content (AvgIpc) is 2.21. The molecule has 2 nitrogen and oxygen atoms in total. The minimum Gasteiger partial charge on any atom is -0.493 e. The van der Waals surface area contributed by atoms with Crippen LogP contribution in [0.15, 0.2) is 24.3 Å². The fourth-order valence-corrected chi connectivity index (χ4v) is 1.08. The van der Waals surface area contributed by atoms with Gasteiger partial charge in [-0.1, -0.05) is 24.0 Å². The fraction of sp³-hybridized carbons (Fsp3) is 0.333. The lowest BCUT2D eigenvalue weighted by molar-refractivity contribution is 0.339. The topological polar surface area (TPSA) is 21.3 Å². The van der Waals surface area contributed by atoms with Gasteiger partial charge in [-0.3, -0.25) is 0 Å². The molecule has 74 valence electrons. The first-order valence-electron chi connectivity index (χ1n) is 4.73. The maximum atomic E-state index is 5.44. The second-order valence-corrected chi connectivity index (χ2v) is 2.76. The minimum absolute atomic E-state index is 0.671. The monoisotopic (exact) mass is 189 g/mol. The fourth-order valence-electron chi connectivity index (χ4n) is 1.08. The second-order valence-electron chi connectivity index (χ2n) is 2.76. The van der Waals surface area contributed by atoms with Gasteiger partial charge in [0.2, 0.25) is 0 Å². The van der Waals surface area contributed by atoms with E-state index in [4.69, 9.17) is 4.74 Å². The molecule has 0 amide bonds. The molecule has 0 atom stereocenters. The first-order chi connectivity index (χ1) is 6.88. The Labute approximate surface area is 85.3 Å². The maximum Gasteiger partial charge on any atom is 0.134 e. The number of hydrogen-bond donors (Lipinski definition) is 1. The molecule has 0 aliphatic carbocycles. The first kappa shape index (κ1) is 10.6. The van der Waals surface area contributed by atoms with E-state index in [0.717, 1.165) is 11.3 Å². The van der Waals surface area contributed by atoms with Crippen molar-refractivity contribution in [3.63, 3.8) is 0 Å². The first-order valence-corrected chi connectivity index (χ1v) is 4.73. The van der Waals surface area contributed by atoms with Crippen molar-refractivity contribution in [3.8, 4) is 17.6 Å². The third kappa shape index (κ3) is 3.12. The minimum atomic E-state index is 0.671. The Morgan fingerprint density at radius 3 is 2.86 bits per heavy atom. The number of nitrogens with one attached hydrogen (secondary N) is 1. The lowest BCUT2D eigenvalue weighted by Gasteiger charge is -2.04. The van der Waals surface area contributed by atoms with Crippen LogP contribution in [0.25, 0.3) is 0 Å². The highest BCUT2D eigenvalue weighted by molar-refractivity contribution is 5.45. The predicted octanol–water partition coefficient (Wildman–Crippen LogP) is 1.66. The molecule has 0 unspecified atom stereocenters. The van der Waals surface area contributed by atoms with Gasteiger partial charge in [-0.25, -0.2) is 0 Å². The van der Waals surface area contributed by atoms with Crippen LogP contribution in [0.4, 0.5) is 0 Å². The SMILES string of the molecule is CCOc1ccccc1C#CCNC. The van der Waals surface area contributed by atoms with E-state index in [2.05, 4.69) is 17.2 Å². The van der Waals surface area contributed by atoms with Gasteiger partial charge in [0.05, 0.1) is 18.7 Å². The van der Waals surface area contributed by atoms with E-state index in [1.54, 1.807) is 0 Å². The Morgan fingerprint density at radius 1 is 1.36 bits per heavy atom. The maximum absolute atomic E-state index is 5.44. The van der Waals surface area contributed by atoms with Crippen molar-refractivity contribution in [2.45, 2.75) is 6.92 Å². The summed E-state index contributed by atoms with van der Waals surface area (Å²) in [5, 5.41) is 2.97. The third-order valence-corrected chi connectivity index (χ3v) is 1.68. The smallest absolute Gasteiger partial charge is 0.134 e.